The molecule has 0 aromatic rings. The van der Waals surface area contributed by atoms with Crippen LogP contribution in [0.2, 0.25) is 0 Å². The van der Waals surface area contributed by atoms with Gasteiger partial charge in [-0.25, -0.2) is 9.13 Å². The van der Waals surface area contributed by atoms with E-state index in [1.165, 1.54) is 308 Å². The molecule has 0 spiro atoms. The topological polar surface area (TPSA) is 237 Å². The van der Waals surface area contributed by atoms with Gasteiger partial charge in [0.05, 0.1) is 26.4 Å². The van der Waals surface area contributed by atoms with Gasteiger partial charge >= 0.3 is 39.5 Å². The van der Waals surface area contributed by atoms with Gasteiger partial charge in [-0.2, -0.15) is 0 Å². The molecule has 0 heterocycles. The van der Waals surface area contributed by atoms with Crippen molar-refractivity contribution in [2.24, 2.45) is 0 Å². The highest BCUT2D eigenvalue weighted by Gasteiger charge is 2.30. The molecule has 5 atom stereocenters. The Hall–Kier alpha value is -1.94. The van der Waals surface area contributed by atoms with Gasteiger partial charge in [-0.3, -0.25) is 37.3 Å². The quantitative estimate of drug-likeness (QED) is 0.0222. The van der Waals surface area contributed by atoms with E-state index in [0.717, 1.165) is 89.9 Å². The summed E-state index contributed by atoms with van der Waals surface area (Å²) >= 11 is 0. The summed E-state index contributed by atoms with van der Waals surface area (Å²) in [6, 6.07) is 0. The number of aliphatic hydroxyl groups excluding tert-OH is 1. The molecule has 0 rings (SSSR count). The van der Waals surface area contributed by atoms with Crippen molar-refractivity contribution >= 4 is 39.5 Å². The maximum Gasteiger partial charge on any atom is 0.472 e. The highest BCUT2D eigenvalue weighted by atomic mass is 31.2. The van der Waals surface area contributed by atoms with Gasteiger partial charge in [-0.05, 0) is 25.7 Å². The second-order valence-corrected chi connectivity index (χ2v) is 34.2. The number of carbonyl (C=O) groups is 4. The van der Waals surface area contributed by atoms with Crippen molar-refractivity contribution in [3.8, 4) is 0 Å². The maximum absolute atomic E-state index is 13.2. The van der Waals surface area contributed by atoms with E-state index in [0.29, 0.717) is 25.7 Å². The van der Waals surface area contributed by atoms with Crippen LogP contribution >= 0.6 is 15.6 Å². The number of esters is 4. The third-order valence-electron chi connectivity index (χ3n) is 20.6. The van der Waals surface area contributed by atoms with E-state index in [4.69, 9.17) is 37.0 Å². The van der Waals surface area contributed by atoms with Crippen LogP contribution in [-0.2, 0) is 65.4 Å². The highest BCUT2D eigenvalue weighted by molar-refractivity contribution is 7.47. The van der Waals surface area contributed by atoms with E-state index < -0.39 is 97.5 Å². The summed E-state index contributed by atoms with van der Waals surface area (Å²) in [7, 11) is -9.93. The Kier molecular flexibility index (Phi) is 79.6. The largest absolute Gasteiger partial charge is 0.472 e. The number of phosphoric acid groups is 2. The number of carbonyl (C=O) groups excluding carboxylic acids is 4. The molecule has 0 amide bonds. The van der Waals surface area contributed by atoms with E-state index >= 15 is 0 Å². The summed E-state index contributed by atoms with van der Waals surface area (Å²) in [5.41, 5.74) is 0. The lowest BCUT2D eigenvalue weighted by Gasteiger charge is -2.21. The second kappa shape index (κ2) is 81.1. The van der Waals surface area contributed by atoms with Crippen LogP contribution < -0.4 is 0 Å². The van der Waals surface area contributed by atoms with Crippen LogP contribution in [0.15, 0.2) is 0 Å². The van der Waals surface area contributed by atoms with Gasteiger partial charge in [0.15, 0.2) is 12.2 Å². The summed E-state index contributed by atoms with van der Waals surface area (Å²) in [6.45, 7) is 5.06. The van der Waals surface area contributed by atoms with Gasteiger partial charge in [0.1, 0.15) is 19.3 Å². The van der Waals surface area contributed by atoms with Gasteiger partial charge in [-0.1, -0.05) is 426 Å². The Labute approximate surface area is 651 Å². The molecule has 0 aliphatic rings. The molecule has 0 fully saturated rings. The van der Waals surface area contributed by atoms with Crippen LogP contribution in [0.4, 0.5) is 0 Å². The van der Waals surface area contributed by atoms with Crippen molar-refractivity contribution < 1.29 is 80.2 Å². The SMILES string of the molecule is CCCCCCCCCCCCCCCCCCCCCCCCC(=O)O[C@H](COC(=O)CCCCCCCCCCCCCCCCCCC)COP(=O)(O)OC[C@@H](O)COP(=O)(O)OC[C@@H](COC(=O)CCCCCCCCCCCCC)OC(=O)CCCCCCCCCCCCCCCCCC. The van der Waals surface area contributed by atoms with Crippen molar-refractivity contribution in [1.29, 1.82) is 0 Å². The average molecular weight is 1550 g/mol. The number of unbranched alkanes of at least 4 members (excludes halogenated alkanes) is 62. The van der Waals surface area contributed by atoms with Crippen LogP contribution in [-0.4, -0.2) is 96.7 Å². The lowest BCUT2D eigenvalue weighted by Crippen LogP contribution is -2.30. The smallest absolute Gasteiger partial charge is 0.462 e. The van der Waals surface area contributed by atoms with Gasteiger partial charge in [0.25, 0.3) is 0 Å². The zero-order valence-corrected chi connectivity index (χ0v) is 71.2. The molecule has 0 aromatic carbocycles. The van der Waals surface area contributed by atoms with Gasteiger partial charge in [0.2, 0.25) is 0 Å². The van der Waals surface area contributed by atoms with Crippen molar-refractivity contribution in [3.63, 3.8) is 0 Å². The van der Waals surface area contributed by atoms with Crippen LogP contribution in [0.3, 0.4) is 0 Å². The van der Waals surface area contributed by atoms with Gasteiger partial charge in [-0.15, -0.1) is 0 Å². The lowest BCUT2D eigenvalue weighted by atomic mass is 10.0. The fourth-order valence-corrected chi connectivity index (χ4v) is 15.3. The minimum Gasteiger partial charge on any atom is -0.462 e. The van der Waals surface area contributed by atoms with Crippen LogP contribution in [0.25, 0.3) is 0 Å². The molecular weight excluding hydrogens is 1380 g/mol. The molecule has 0 bridgehead atoms. The zero-order chi connectivity index (χ0) is 77.4. The fraction of sp³-hybridized carbons (Fsp3) is 0.954. The number of aliphatic hydroxyl groups is 1. The van der Waals surface area contributed by atoms with Crippen molar-refractivity contribution in [3.05, 3.63) is 0 Å². The molecule has 17 nitrogen and oxygen atoms in total. The van der Waals surface area contributed by atoms with Gasteiger partial charge in [0, 0.05) is 25.7 Å². The molecule has 0 aliphatic heterocycles. The minimum absolute atomic E-state index is 0.109. The first-order valence-electron chi connectivity index (χ1n) is 45.3. The van der Waals surface area contributed by atoms with E-state index in [-0.39, 0.29) is 25.7 Å². The van der Waals surface area contributed by atoms with Crippen LogP contribution in [0.1, 0.15) is 477 Å². The van der Waals surface area contributed by atoms with E-state index in [9.17, 15) is 43.2 Å². The molecule has 106 heavy (non-hydrogen) atoms. The Morgan fingerprint density at radius 3 is 0.557 bits per heavy atom. The maximum atomic E-state index is 13.2. The molecule has 2 unspecified atom stereocenters. The second-order valence-electron chi connectivity index (χ2n) is 31.3. The number of ether oxygens (including phenoxy) is 4. The third-order valence-corrected chi connectivity index (χ3v) is 22.5. The Morgan fingerprint density at radius 2 is 0.377 bits per heavy atom. The fourth-order valence-electron chi connectivity index (χ4n) is 13.7. The minimum atomic E-state index is -4.97. The first-order chi connectivity index (χ1) is 51.7. The standard InChI is InChI=1S/C87H170O17P2/c1-5-9-13-17-21-25-29-32-35-38-39-40-41-42-44-47-50-54-58-62-66-70-74-87(92)104-83(78-98-85(90)72-68-64-60-56-52-48-46-43-36-33-30-26-22-18-14-10-6-2)80-102-106(95,96)100-76-81(88)75-99-105(93,94)101-79-82(77-97-84(89)71-67-63-59-55-51-28-24-20-16-12-8-4)103-86(91)73-69-65-61-57-53-49-45-37-34-31-27-23-19-15-11-7-3/h81-83,88H,5-80H2,1-4H3,(H,93,94)(H,95,96)/t81-,82+,83+/m0/s1. The molecule has 19 heteroatoms. The molecule has 0 aromatic heterocycles. The lowest BCUT2D eigenvalue weighted by molar-refractivity contribution is -0.161. The predicted molar refractivity (Wildman–Crippen MR) is 437 cm³/mol. The molecule has 0 radical (unpaired) electrons. The van der Waals surface area contributed by atoms with Crippen molar-refractivity contribution in [2.45, 2.75) is 495 Å². The molecule has 0 aliphatic carbocycles. The van der Waals surface area contributed by atoms with Crippen LogP contribution in [0.5, 0.6) is 0 Å². The third kappa shape index (κ3) is 80.1. The Bertz CT molecular complexity index is 2000. The molecule has 0 saturated heterocycles. The zero-order valence-electron chi connectivity index (χ0n) is 69.4. The molecule has 3 N–H and O–H groups in total. The molecule has 0 saturated carbocycles. The monoisotopic (exact) mass is 1550 g/mol. The van der Waals surface area contributed by atoms with Gasteiger partial charge < -0.3 is 33.8 Å². The number of rotatable bonds is 88. The summed E-state index contributed by atoms with van der Waals surface area (Å²) in [5.74, 6) is -2.10. The first kappa shape index (κ1) is 104. The van der Waals surface area contributed by atoms with Crippen molar-refractivity contribution in [1.82, 2.24) is 0 Å². The summed E-state index contributed by atoms with van der Waals surface area (Å²) in [4.78, 5) is 73.3. The van der Waals surface area contributed by atoms with Crippen molar-refractivity contribution in [2.75, 3.05) is 39.6 Å². The summed E-state index contributed by atoms with van der Waals surface area (Å²) in [5, 5.41) is 10.7. The number of hydrogen-bond donors (Lipinski definition) is 3. The van der Waals surface area contributed by atoms with Crippen LogP contribution in [0, 0.1) is 0 Å². The predicted octanol–water partition coefficient (Wildman–Crippen LogP) is 26.9. The Balaban J connectivity index is 5.22. The number of phosphoric ester groups is 2. The number of hydrogen-bond acceptors (Lipinski definition) is 15. The summed E-state index contributed by atoms with van der Waals surface area (Å²) < 4.78 is 68.9. The average Bonchev–Trinajstić information content (AvgIpc) is 0.900. The normalized spacial score (nSPS) is 13.7. The molecule has 630 valence electrons. The first-order valence-corrected chi connectivity index (χ1v) is 48.3. The molecular formula is C87H170O17P2. The van der Waals surface area contributed by atoms with E-state index in [2.05, 4.69) is 27.7 Å². The van der Waals surface area contributed by atoms with E-state index in [1.807, 2.05) is 0 Å². The highest BCUT2D eigenvalue weighted by Crippen LogP contribution is 2.45. The van der Waals surface area contributed by atoms with E-state index in [1.54, 1.807) is 0 Å². The summed E-state index contributed by atoms with van der Waals surface area (Å²) in [6.07, 6.45) is 76.4. The Morgan fingerprint density at radius 1 is 0.226 bits per heavy atom.